The SMILES string of the molecule is O=C(NCCc1ccccn1)C1CCN(S(=O)(=O)c2cc(C(F)(F)F)ccc2Cl)CC1. The zero-order valence-corrected chi connectivity index (χ0v) is 18.0. The van der Waals surface area contributed by atoms with Crippen molar-refractivity contribution in [2.24, 2.45) is 5.92 Å². The fourth-order valence-corrected chi connectivity index (χ4v) is 5.35. The highest BCUT2D eigenvalue weighted by atomic mass is 35.5. The van der Waals surface area contributed by atoms with Crippen LogP contribution in [0, 0.1) is 5.92 Å². The van der Waals surface area contributed by atoms with Gasteiger partial charge in [-0.05, 0) is 43.2 Å². The maximum atomic E-state index is 13.0. The van der Waals surface area contributed by atoms with E-state index in [4.69, 9.17) is 11.6 Å². The van der Waals surface area contributed by atoms with Gasteiger partial charge in [0, 0.05) is 43.9 Å². The summed E-state index contributed by atoms with van der Waals surface area (Å²) >= 11 is 5.89. The van der Waals surface area contributed by atoms with Crippen LogP contribution in [0.4, 0.5) is 13.2 Å². The largest absolute Gasteiger partial charge is 0.416 e. The van der Waals surface area contributed by atoms with E-state index in [2.05, 4.69) is 10.3 Å². The molecule has 11 heteroatoms. The van der Waals surface area contributed by atoms with Crippen LogP contribution in [0.5, 0.6) is 0 Å². The zero-order chi connectivity index (χ0) is 22.6. The van der Waals surface area contributed by atoms with Gasteiger partial charge in [-0.25, -0.2) is 8.42 Å². The lowest BCUT2D eigenvalue weighted by Crippen LogP contribution is -2.43. The maximum absolute atomic E-state index is 13.0. The average molecular weight is 476 g/mol. The summed E-state index contributed by atoms with van der Waals surface area (Å²) < 4.78 is 65.7. The molecule has 2 heterocycles. The molecule has 0 bridgehead atoms. The lowest BCUT2D eigenvalue weighted by atomic mass is 9.97. The minimum atomic E-state index is -4.69. The van der Waals surface area contributed by atoms with Gasteiger partial charge in [-0.3, -0.25) is 9.78 Å². The van der Waals surface area contributed by atoms with E-state index in [1.165, 1.54) is 0 Å². The van der Waals surface area contributed by atoms with Gasteiger partial charge in [-0.15, -0.1) is 0 Å². The Bertz CT molecular complexity index is 1020. The summed E-state index contributed by atoms with van der Waals surface area (Å²) in [7, 11) is -4.22. The topological polar surface area (TPSA) is 79.4 Å². The van der Waals surface area contributed by atoms with Crippen molar-refractivity contribution in [1.29, 1.82) is 0 Å². The molecule has 1 aliphatic rings. The highest BCUT2D eigenvalue weighted by molar-refractivity contribution is 7.89. The van der Waals surface area contributed by atoms with Crippen LogP contribution in [-0.2, 0) is 27.4 Å². The van der Waals surface area contributed by atoms with Gasteiger partial charge in [-0.1, -0.05) is 17.7 Å². The van der Waals surface area contributed by atoms with Crippen LogP contribution in [0.1, 0.15) is 24.1 Å². The van der Waals surface area contributed by atoms with Crippen molar-refractivity contribution in [2.45, 2.75) is 30.3 Å². The van der Waals surface area contributed by atoms with Crippen molar-refractivity contribution in [3.05, 3.63) is 58.9 Å². The third-order valence-electron chi connectivity index (χ3n) is 5.11. The smallest absolute Gasteiger partial charge is 0.355 e. The summed E-state index contributed by atoms with van der Waals surface area (Å²) in [5.41, 5.74) is -0.237. The van der Waals surface area contributed by atoms with E-state index < -0.39 is 26.7 Å². The number of pyridine rings is 1. The van der Waals surface area contributed by atoms with Crippen molar-refractivity contribution in [1.82, 2.24) is 14.6 Å². The molecular formula is C20H21ClF3N3O3S. The molecule has 1 aromatic heterocycles. The van der Waals surface area contributed by atoms with Gasteiger partial charge < -0.3 is 5.32 Å². The summed E-state index contributed by atoms with van der Waals surface area (Å²) in [6.07, 6.45) is -1.90. The van der Waals surface area contributed by atoms with Crippen LogP contribution in [0.15, 0.2) is 47.5 Å². The fraction of sp³-hybridized carbons (Fsp3) is 0.400. The lowest BCUT2D eigenvalue weighted by Gasteiger charge is -2.31. The number of benzene rings is 1. The molecule has 2 aromatic rings. The Balaban J connectivity index is 1.59. The Kier molecular flexibility index (Phi) is 7.23. The number of nitrogens with one attached hydrogen (secondary N) is 1. The van der Waals surface area contributed by atoms with E-state index in [1.54, 1.807) is 12.3 Å². The summed E-state index contributed by atoms with van der Waals surface area (Å²) in [5, 5.41) is 2.55. The third kappa shape index (κ3) is 5.75. The van der Waals surface area contributed by atoms with Gasteiger partial charge >= 0.3 is 6.18 Å². The molecular weight excluding hydrogens is 455 g/mol. The Morgan fingerprint density at radius 3 is 2.52 bits per heavy atom. The molecule has 0 saturated carbocycles. The Morgan fingerprint density at radius 1 is 1.19 bits per heavy atom. The number of carbonyl (C=O) groups excluding carboxylic acids is 1. The molecule has 0 radical (unpaired) electrons. The fourth-order valence-electron chi connectivity index (χ4n) is 3.38. The Morgan fingerprint density at radius 2 is 1.90 bits per heavy atom. The van der Waals surface area contributed by atoms with Gasteiger partial charge in [0.25, 0.3) is 0 Å². The minimum Gasteiger partial charge on any atom is -0.355 e. The second-order valence-electron chi connectivity index (χ2n) is 7.18. The number of hydrogen-bond acceptors (Lipinski definition) is 4. The lowest BCUT2D eigenvalue weighted by molar-refractivity contribution is -0.137. The second kappa shape index (κ2) is 9.54. The number of halogens is 4. The van der Waals surface area contributed by atoms with Gasteiger partial charge in [0.05, 0.1) is 10.6 Å². The van der Waals surface area contributed by atoms with Crippen LogP contribution in [0.2, 0.25) is 5.02 Å². The molecule has 1 fully saturated rings. The van der Waals surface area contributed by atoms with Crippen molar-refractivity contribution in [2.75, 3.05) is 19.6 Å². The molecule has 0 spiro atoms. The molecule has 3 rings (SSSR count). The van der Waals surface area contributed by atoms with E-state index in [0.29, 0.717) is 19.0 Å². The van der Waals surface area contributed by atoms with Gasteiger partial charge in [-0.2, -0.15) is 17.5 Å². The number of aromatic nitrogens is 1. The molecule has 1 N–H and O–H groups in total. The molecule has 31 heavy (non-hydrogen) atoms. The second-order valence-corrected chi connectivity index (χ2v) is 9.50. The van der Waals surface area contributed by atoms with Gasteiger partial charge in [0.1, 0.15) is 4.90 Å². The number of amides is 1. The number of alkyl halides is 3. The molecule has 0 unspecified atom stereocenters. The van der Waals surface area contributed by atoms with Gasteiger partial charge in [0.2, 0.25) is 15.9 Å². The van der Waals surface area contributed by atoms with Crippen molar-refractivity contribution < 1.29 is 26.4 Å². The molecule has 1 amide bonds. The number of nitrogens with zero attached hydrogens (tertiary/aromatic N) is 2. The van der Waals surface area contributed by atoms with Crippen molar-refractivity contribution >= 4 is 27.5 Å². The zero-order valence-electron chi connectivity index (χ0n) is 16.4. The summed E-state index contributed by atoms with van der Waals surface area (Å²) in [6, 6.07) is 7.73. The van der Waals surface area contributed by atoms with Crippen molar-refractivity contribution in [3.63, 3.8) is 0 Å². The molecule has 0 atom stereocenters. The van der Waals surface area contributed by atoms with E-state index >= 15 is 0 Å². The van der Waals surface area contributed by atoms with E-state index in [-0.39, 0.29) is 42.8 Å². The maximum Gasteiger partial charge on any atom is 0.416 e. The molecule has 1 aromatic carbocycles. The first-order valence-electron chi connectivity index (χ1n) is 9.63. The van der Waals surface area contributed by atoms with Crippen LogP contribution in [-0.4, -0.2) is 43.2 Å². The average Bonchev–Trinajstić information content (AvgIpc) is 2.74. The van der Waals surface area contributed by atoms with Gasteiger partial charge in [0.15, 0.2) is 0 Å². The molecule has 1 saturated heterocycles. The number of rotatable bonds is 6. The highest BCUT2D eigenvalue weighted by Crippen LogP contribution is 2.35. The minimum absolute atomic E-state index is 0.0211. The standard InChI is InChI=1S/C20H21ClF3N3O3S/c21-17-5-4-15(20(22,23)24)13-18(17)31(29,30)27-11-7-14(8-12-27)19(28)26-10-6-16-3-1-2-9-25-16/h1-5,9,13-14H,6-8,10-12H2,(H,26,28). The highest BCUT2D eigenvalue weighted by Gasteiger charge is 2.36. The quantitative estimate of drug-likeness (QED) is 0.693. The van der Waals surface area contributed by atoms with Crippen LogP contribution < -0.4 is 5.32 Å². The van der Waals surface area contributed by atoms with E-state index in [1.807, 2.05) is 12.1 Å². The normalized spacial score (nSPS) is 16.3. The first kappa shape index (κ1) is 23.5. The first-order chi connectivity index (χ1) is 14.6. The Hall–Kier alpha value is -2.17. The van der Waals surface area contributed by atoms with Crippen LogP contribution in [0.3, 0.4) is 0 Å². The van der Waals surface area contributed by atoms with Crippen LogP contribution in [0.25, 0.3) is 0 Å². The summed E-state index contributed by atoms with van der Waals surface area (Å²) in [6.45, 7) is 0.453. The van der Waals surface area contributed by atoms with E-state index in [9.17, 15) is 26.4 Å². The number of sulfonamides is 1. The monoisotopic (exact) mass is 475 g/mol. The van der Waals surface area contributed by atoms with Crippen LogP contribution >= 0.6 is 11.6 Å². The predicted molar refractivity (Wildman–Crippen MR) is 109 cm³/mol. The summed E-state index contributed by atoms with van der Waals surface area (Å²) in [5.74, 6) is -0.544. The van der Waals surface area contributed by atoms with Crippen molar-refractivity contribution in [3.8, 4) is 0 Å². The molecule has 0 aliphatic carbocycles. The van der Waals surface area contributed by atoms with E-state index in [0.717, 1.165) is 22.1 Å². The third-order valence-corrected chi connectivity index (χ3v) is 7.49. The number of hydrogen-bond donors (Lipinski definition) is 1. The predicted octanol–water partition coefficient (Wildman–Crippen LogP) is 3.51. The summed E-state index contributed by atoms with van der Waals surface area (Å²) in [4.78, 5) is 16.0. The number of carbonyl (C=O) groups is 1. The number of piperidine rings is 1. The molecule has 168 valence electrons. The molecule has 1 aliphatic heterocycles. The molecule has 6 nitrogen and oxygen atoms in total. The first-order valence-corrected chi connectivity index (χ1v) is 11.5. The Labute approximate surface area is 183 Å².